The molecule has 90 valence electrons. The molecular formula is C15H18BrN. The lowest BCUT2D eigenvalue weighted by molar-refractivity contribution is 0.485. The Labute approximate surface area is 111 Å². The number of halogens is 1. The van der Waals surface area contributed by atoms with Crippen LogP contribution in [0.2, 0.25) is 0 Å². The van der Waals surface area contributed by atoms with Crippen molar-refractivity contribution in [2.24, 2.45) is 0 Å². The second kappa shape index (κ2) is 4.77. The number of alkyl halides is 1. The highest BCUT2D eigenvalue weighted by molar-refractivity contribution is 9.09. The Kier molecular flexibility index (Phi) is 3.53. The fourth-order valence-corrected chi connectivity index (χ4v) is 3.27. The van der Waals surface area contributed by atoms with Gasteiger partial charge in [-0.25, -0.2) is 0 Å². The minimum Gasteiger partial charge on any atom is -0.256 e. The van der Waals surface area contributed by atoms with E-state index in [2.05, 4.69) is 66.0 Å². The second-order valence-electron chi connectivity index (χ2n) is 5.25. The van der Waals surface area contributed by atoms with E-state index in [0.717, 1.165) is 11.9 Å². The van der Waals surface area contributed by atoms with Gasteiger partial charge in [-0.3, -0.25) is 4.98 Å². The minimum absolute atomic E-state index is 0.136. The van der Waals surface area contributed by atoms with E-state index in [-0.39, 0.29) is 5.41 Å². The number of aromatic nitrogens is 1. The number of hydrogen-bond donors (Lipinski definition) is 0. The lowest BCUT2D eigenvalue weighted by atomic mass is 9.79. The van der Waals surface area contributed by atoms with Gasteiger partial charge >= 0.3 is 0 Å². The third-order valence-corrected chi connectivity index (χ3v) is 3.48. The minimum atomic E-state index is 0.136. The van der Waals surface area contributed by atoms with Crippen LogP contribution in [0.3, 0.4) is 0 Å². The first-order chi connectivity index (χ1) is 8.00. The van der Waals surface area contributed by atoms with Crippen molar-refractivity contribution < 1.29 is 0 Å². The molecule has 1 unspecified atom stereocenters. The Balaban J connectivity index is 2.55. The highest BCUT2D eigenvalue weighted by Crippen LogP contribution is 2.34. The molecular weight excluding hydrogens is 274 g/mol. The number of benzene rings is 1. The van der Waals surface area contributed by atoms with Gasteiger partial charge in [0.25, 0.3) is 0 Å². The zero-order valence-electron chi connectivity index (χ0n) is 10.6. The molecule has 2 rings (SSSR count). The van der Waals surface area contributed by atoms with E-state index in [9.17, 15) is 0 Å². The summed E-state index contributed by atoms with van der Waals surface area (Å²) >= 11 is 3.65. The van der Waals surface area contributed by atoms with Crippen molar-refractivity contribution in [3.05, 3.63) is 42.1 Å². The molecule has 2 heteroatoms. The van der Waals surface area contributed by atoms with Crippen LogP contribution in [0.15, 0.2) is 36.5 Å². The number of rotatable bonds is 3. The molecule has 0 radical (unpaired) electrons. The van der Waals surface area contributed by atoms with Gasteiger partial charge in [-0.1, -0.05) is 61.0 Å². The predicted molar refractivity (Wildman–Crippen MR) is 77.8 cm³/mol. The molecule has 1 aromatic heterocycles. The summed E-state index contributed by atoms with van der Waals surface area (Å²) in [6.07, 6.45) is 2.97. The topological polar surface area (TPSA) is 12.9 Å². The van der Waals surface area contributed by atoms with Gasteiger partial charge in [-0.2, -0.15) is 0 Å². The molecule has 0 amide bonds. The predicted octanol–water partition coefficient (Wildman–Crippen LogP) is 4.69. The zero-order valence-corrected chi connectivity index (χ0v) is 12.2. The van der Waals surface area contributed by atoms with Crippen molar-refractivity contribution in [3.8, 4) is 0 Å². The van der Waals surface area contributed by atoms with Gasteiger partial charge in [0.2, 0.25) is 0 Å². The number of pyridine rings is 1. The average molecular weight is 292 g/mol. The molecule has 1 atom stereocenters. The lowest BCUT2D eigenvalue weighted by Crippen LogP contribution is -2.21. The normalized spacial score (nSPS) is 13.9. The van der Waals surface area contributed by atoms with Crippen molar-refractivity contribution in [2.75, 3.05) is 0 Å². The molecule has 0 aliphatic heterocycles. The summed E-state index contributed by atoms with van der Waals surface area (Å²) in [5.41, 5.74) is 2.60. The van der Waals surface area contributed by atoms with Gasteiger partial charge in [-0.15, -0.1) is 0 Å². The summed E-state index contributed by atoms with van der Waals surface area (Å²) in [7, 11) is 0. The Morgan fingerprint density at radius 1 is 1.24 bits per heavy atom. The van der Waals surface area contributed by atoms with Gasteiger partial charge < -0.3 is 0 Å². The van der Waals surface area contributed by atoms with Crippen LogP contribution in [-0.4, -0.2) is 9.81 Å². The van der Waals surface area contributed by atoms with Crippen LogP contribution in [0.1, 0.15) is 32.8 Å². The van der Waals surface area contributed by atoms with Gasteiger partial charge in [0.1, 0.15) is 0 Å². The number of hydrogen-bond acceptors (Lipinski definition) is 1. The van der Waals surface area contributed by atoms with E-state index in [1.807, 2.05) is 12.3 Å². The molecule has 0 fully saturated rings. The van der Waals surface area contributed by atoms with E-state index in [4.69, 9.17) is 0 Å². The molecule has 2 aromatic rings. The van der Waals surface area contributed by atoms with E-state index < -0.39 is 0 Å². The van der Waals surface area contributed by atoms with Crippen LogP contribution in [0.25, 0.3) is 10.9 Å². The van der Waals surface area contributed by atoms with Crippen molar-refractivity contribution >= 4 is 26.8 Å². The molecule has 1 aromatic carbocycles. The van der Waals surface area contributed by atoms with Crippen LogP contribution in [0.5, 0.6) is 0 Å². The van der Waals surface area contributed by atoms with Gasteiger partial charge in [0.15, 0.2) is 0 Å². The maximum absolute atomic E-state index is 4.54. The third-order valence-electron chi connectivity index (χ3n) is 3.15. The van der Waals surface area contributed by atoms with Crippen molar-refractivity contribution in [3.63, 3.8) is 0 Å². The van der Waals surface area contributed by atoms with Gasteiger partial charge in [-0.05, 0) is 23.5 Å². The first-order valence-electron chi connectivity index (χ1n) is 5.99. The Hall–Kier alpha value is -0.890. The van der Waals surface area contributed by atoms with Crippen LogP contribution in [0.4, 0.5) is 0 Å². The molecule has 0 spiro atoms. The first-order valence-corrected chi connectivity index (χ1v) is 6.90. The molecule has 0 aliphatic rings. The van der Waals surface area contributed by atoms with Gasteiger partial charge in [0.05, 0.1) is 5.52 Å². The first kappa shape index (κ1) is 12.6. The number of nitrogens with zero attached hydrogens (tertiary/aromatic N) is 1. The summed E-state index contributed by atoms with van der Waals surface area (Å²) in [4.78, 5) is 5.05. The largest absolute Gasteiger partial charge is 0.256 e. The summed E-state index contributed by atoms with van der Waals surface area (Å²) in [5.74, 6) is 0. The fraction of sp³-hybridized carbons (Fsp3) is 0.400. The molecule has 1 nitrogen and oxygen atoms in total. The van der Waals surface area contributed by atoms with Crippen LogP contribution in [0, 0.1) is 0 Å². The number of para-hydroxylation sites is 1. The summed E-state index contributed by atoms with van der Waals surface area (Å²) in [5, 5.41) is 1.22. The Morgan fingerprint density at radius 2 is 1.94 bits per heavy atom. The molecule has 0 saturated carbocycles. The highest BCUT2D eigenvalue weighted by Gasteiger charge is 2.24. The smallest absolute Gasteiger partial charge is 0.0739 e. The molecule has 1 heterocycles. The standard InChI is InChI=1S/C15H18BrN/c1-11(16)10-15(2,3)13-8-4-6-12-7-5-9-17-14(12)13/h4-9,11H,10H2,1-3H3. The highest BCUT2D eigenvalue weighted by atomic mass is 79.9. The quantitative estimate of drug-likeness (QED) is 0.748. The van der Waals surface area contributed by atoms with Gasteiger partial charge in [0, 0.05) is 16.4 Å². The molecule has 0 bridgehead atoms. The summed E-state index contributed by atoms with van der Waals surface area (Å²) in [6.45, 7) is 6.77. The fourth-order valence-electron chi connectivity index (χ4n) is 2.46. The number of fused-ring (bicyclic) bond motifs is 1. The van der Waals surface area contributed by atoms with E-state index in [1.165, 1.54) is 10.9 Å². The van der Waals surface area contributed by atoms with E-state index in [0.29, 0.717) is 4.83 Å². The van der Waals surface area contributed by atoms with Crippen LogP contribution >= 0.6 is 15.9 Å². The Bertz CT molecular complexity index is 512. The zero-order chi connectivity index (χ0) is 12.5. The van der Waals surface area contributed by atoms with Crippen molar-refractivity contribution in [2.45, 2.75) is 37.4 Å². The third kappa shape index (κ3) is 2.68. The Morgan fingerprint density at radius 3 is 2.65 bits per heavy atom. The molecule has 17 heavy (non-hydrogen) atoms. The van der Waals surface area contributed by atoms with Crippen LogP contribution < -0.4 is 0 Å². The summed E-state index contributed by atoms with van der Waals surface area (Å²) in [6, 6.07) is 10.6. The second-order valence-corrected chi connectivity index (χ2v) is 6.81. The van der Waals surface area contributed by atoms with Crippen molar-refractivity contribution in [1.82, 2.24) is 4.98 Å². The maximum atomic E-state index is 4.54. The van der Waals surface area contributed by atoms with E-state index >= 15 is 0 Å². The van der Waals surface area contributed by atoms with Crippen LogP contribution in [-0.2, 0) is 5.41 Å². The molecule has 0 aliphatic carbocycles. The van der Waals surface area contributed by atoms with Crippen molar-refractivity contribution in [1.29, 1.82) is 0 Å². The average Bonchev–Trinajstić information content (AvgIpc) is 2.26. The lowest BCUT2D eigenvalue weighted by Gasteiger charge is -2.27. The maximum Gasteiger partial charge on any atom is 0.0739 e. The SMILES string of the molecule is CC(Br)CC(C)(C)c1cccc2cccnc12. The van der Waals surface area contributed by atoms with E-state index in [1.54, 1.807) is 0 Å². The molecule has 0 saturated heterocycles. The summed E-state index contributed by atoms with van der Waals surface area (Å²) < 4.78 is 0. The monoisotopic (exact) mass is 291 g/mol. The molecule has 0 N–H and O–H groups in total.